The number of nitrogens with one attached hydrogen (secondary N) is 1. The average molecular weight is 317 g/mol. The van der Waals surface area contributed by atoms with Crippen molar-refractivity contribution in [3.8, 4) is 5.75 Å². The molecule has 2 aromatic carbocycles. The summed E-state index contributed by atoms with van der Waals surface area (Å²) in [4.78, 5) is 11.3. The Balaban J connectivity index is 2.83. The molecule has 20 heavy (non-hydrogen) atoms. The van der Waals surface area contributed by atoms with E-state index in [9.17, 15) is 9.90 Å². The summed E-state index contributed by atoms with van der Waals surface area (Å²) in [5.74, 6) is -2.92. The molecular formula is C14H11Cl2NO3. The highest BCUT2D eigenvalue weighted by molar-refractivity contribution is 6.39. The van der Waals surface area contributed by atoms with Gasteiger partial charge in [0.1, 0.15) is 5.75 Å². The SMILES string of the molecule is [2H]c1c([2H])c(Nc2c(Cl)cccc2Cl)c(C([2H])([2H])C(=O)O)c([2H])c1O. The van der Waals surface area contributed by atoms with Crippen molar-refractivity contribution in [2.45, 2.75) is 6.37 Å². The van der Waals surface area contributed by atoms with E-state index in [4.69, 9.17) is 35.2 Å². The van der Waals surface area contributed by atoms with Crippen LogP contribution in [0.3, 0.4) is 0 Å². The van der Waals surface area contributed by atoms with Gasteiger partial charge in [0.05, 0.1) is 26.2 Å². The highest BCUT2D eigenvalue weighted by Crippen LogP contribution is 2.34. The maximum absolute atomic E-state index is 11.3. The number of phenolic OH excluding ortho intramolecular Hbond substituents is 1. The molecule has 4 nitrogen and oxygen atoms in total. The molecule has 0 atom stereocenters. The molecule has 6 heteroatoms. The molecule has 0 unspecified atom stereocenters. The number of hydrogen-bond acceptors (Lipinski definition) is 3. The van der Waals surface area contributed by atoms with Crippen LogP contribution in [0.5, 0.6) is 5.75 Å². The first kappa shape index (κ1) is 9.10. The monoisotopic (exact) mass is 316 g/mol. The molecule has 0 spiro atoms. The first-order valence-electron chi connectivity index (χ1n) is 7.77. The minimum absolute atomic E-state index is 0.0475. The number of halogens is 2. The Labute approximate surface area is 132 Å². The molecule has 0 bridgehead atoms. The van der Waals surface area contributed by atoms with Crippen LogP contribution >= 0.6 is 23.2 Å². The van der Waals surface area contributed by atoms with Crippen molar-refractivity contribution in [3.05, 3.63) is 51.9 Å². The second-order valence-electron chi connectivity index (χ2n) is 3.63. The standard InChI is InChI=1S/C14H11Cl2NO3/c15-10-2-1-3-11(16)14(10)17-12-5-4-9(18)6-8(12)7-13(19)20/h1-6,17-18H,7H2,(H,19,20)/i4D,5D,6D,7D2. The van der Waals surface area contributed by atoms with Crippen LogP contribution in [0.2, 0.25) is 10.0 Å². The Bertz CT molecular complexity index is 856. The zero-order chi connectivity index (χ0) is 19.1. The molecule has 0 saturated carbocycles. The summed E-state index contributed by atoms with van der Waals surface area (Å²) >= 11 is 12.0. The highest BCUT2D eigenvalue weighted by Gasteiger charge is 2.11. The molecule has 0 aliphatic carbocycles. The number of phenols is 1. The number of anilines is 2. The number of para-hydroxylation sites is 1. The van der Waals surface area contributed by atoms with E-state index in [0.29, 0.717) is 0 Å². The largest absolute Gasteiger partial charge is 0.508 e. The second-order valence-corrected chi connectivity index (χ2v) is 4.44. The predicted octanol–water partition coefficient (Wildman–Crippen LogP) is 4.07. The smallest absolute Gasteiger partial charge is 0.307 e. The number of aromatic hydroxyl groups is 1. The Morgan fingerprint density at radius 2 is 2.00 bits per heavy atom. The van der Waals surface area contributed by atoms with Crippen LogP contribution in [0.25, 0.3) is 0 Å². The Kier molecular flexibility index (Phi) is 2.74. The summed E-state index contributed by atoms with van der Waals surface area (Å²) in [5, 5.41) is 21.7. The van der Waals surface area contributed by atoms with Gasteiger partial charge in [-0.3, -0.25) is 4.79 Å². The molecular weight excluding hydrogens is 301 g/mol. The third-order valence-corrected chi connectivity index (χ3v) is 2.87. The number of hydrogen-bond donors (Lipinski definition) is 3. The summed E-state index contributed by atoms with van der Waals surface area (Å²) in [6, 6.07) is 2.06. The fourth-order valence-corrected chi connectivity index (χ4v) is 1.92. The van der Waals surface area contributed by atoms with Gasteiger partial charge in [-0.1, -0.05) is 29.3 Å². The van der Waals surface area contributed by atoms with E-state index in [1.165, 1.54) is 18.2 Å². The molecule has 2 rings (SSSR count). The van der Waals surface area contributed by atoms with E-state index >= 15 is 0 Å². The van der Waals surface area contributed by atoms with Crippen LogP contribution in [0.15, 0.2) is 36.3 Å². The van der Waals surface area contributed by atoms with Gasteiger partial charge in [-0.2, -0.15) is 0 Å². The van der Waals surface area contributed by atoms with Crippen LogP contribution in [0.4, 0.5) is 11.4 Å². The van der Waals surface area contributed by atoms with E-state index < -0.39 is 47.5 Å². The molecule has 0 fully saturated rings. The van der Waals surface area contributed by atoms with E-state index in [1.807, 2.05) is 0 Å². The van der Waals surface area contributed by atoms with Crippen molar-refractivity contribution >= 4 is 40.5 Å². The predicted molar refractivity (Wildman–Crippen MR) is 79.2 cm³/mol. The molecule has 0 radical (unpaired) electrons. The zero-order valence-electron chi connectivity index (χ0n) is 14.8. The lowest BCUT2D eigenvalue weighted by Gasteiger charge is -2.14. The van der Waals surface area contributed by atoms with Crippen LogP contribution in [0, 0.1) is 0 Å². The summed E-state index contributed by atoms with van der Waals surface area (Å²) in [6.45, 7) is 0. The average Bonchev–Trinajstić information content (AvgIpc) is 2.53. The van der Waals surface area contributed by atoms with Crippen LogP contribution < -0.4 is 5.32 Å². The van der Waals surface area contributed by atoms with Crippen LogP contribution in [-0.4, -0.2) is 16.2 Å². The Morgan fingerprint density at radius 1 is 1.35 bits per heavy atom. The zero-order valence-corrected chi connectivity index (χ0v) is 11.3. The van der Waals surface area contributed by atoms with Crippen molar-refractivity contribution in [1.82, 2.24) is 0 Å². The van der Waals surface area contributed by atoms with E-state index in [0.717, 1.165) is 0 Å². The topological polar surface area (TPSA) is 69.6 Å². The molecule has 0 heterocycles. The van der Waals surface area contributed by atoms with Crippen molar-refractivity contribution in [2.24, 2.45) is 0 Å². The molecule has 0 aromatic heterocycles. The Morgan fingerprint density at radius 3 is 2.60 bits per heavy atom. The third-order valence-electron chi connectivity index (χ3n) is 2.24. The number of aliphatic carboxylic acids is 1. The minimum atomic E-state index is -3.12. The number of carbonyl (C=O) groups is 1. The van der Waals surface area contributed by atoms with Crippen LogP contribution in [0.1, 0.15) is 12.4 Å². The fraction of sp³-hybridized carbons (Fsp3) is 0.0714. The normalized spacial score (nSPS) is 14.6. The van der Waals surface area contributed by atoms with Gasteiger partial charge in [0.2, 0.25) is 0 Å². The third kappa shape index (κ3) is 3.35. The van der Waals surface area contributed by atoms with Crippen molar-refractivity contribution in [2.75, 3.05) is 5.32 Å². The van der Waals surface area contributed by atoms with Gasteiger partial charge in [-0.05, 0) is 35.8 Å². The summed E-state index contributed by atoms with van der Waals surface area (Å²) < 4.78 is 38.9. The van der Waals surface area contributed by atoms with Gasteiger partial charge in [-0.25, -0.2) is 0 Å². The van der Waals surface area contributed by atoms with E-state index in [1.54, 1.807) is 0 Å². The molecule has 0 saturated heterocycles. The van der Waals surface area contributed by atoms with E-state index in [-0.39, 0.29) is 15.7 Å². The van der Waals surface area contributed by atoms with Gasteiger partial charge in [0, 0.05) is 8.43 Å². The molecule has 0 amide bonds. The lowest BCUT2D eigenvalue weighted by atomic mass is 10.1. The summed E-state index contributed by atoms with van der Waals surface area (Å²) in [7, 11) is 0. The Hall–Kier alpha value is -1.91. The summed E-state index contributed by atoms with van der Waals surface area (Å²) in [5.41, 5.74) is -1.25. The summed E-state index contributed by atoms with van der Waals surface area (Å²) in [6.07, 6.45) is -3.12. The van der Waals surface area contributed by atoms with Gasteiger partial charge in [-0.15, -0.1) is 0 Å². The lowest BCUT2D eigenvalue weighted by molar-refractivity contribution is -0.136. The van der Waals surface area contributed by atoms with Gasteiger partial charge < -0.3 is 15.5 Å². The quantitative estimate of drug-likeness (QED) is 0.744. The van der Waals surface area contributed by atoms with Gasteiger partial charge in [0.25, 0.3) is 0 Å². The molecule has 0 aliphatic heterocycles. The molecule has 3 N–H and O–H groups in total. The van der Waals surface area contributed by atoms with Crippen molar-refractivity contribution < 1.29 is 21.9 Å². The maximum atomic E-state index is 11.3. The lowest BCUT2D eigenvalue weighted by Crippen LogP contribution is -2.04. The number of carboxylic acids is 1. The van der Waals surface area contributed by atoms with Crippen molar-refractivity contribution in [3.63, 3.8) is 0 Å². The minimum Gasteiger partial charge on any atom is -0.508 e. The molecule has 0 aliphatic rings. The number of carboxylic acid groups (broad SMARTS) is 1. The molecule has 104 valence electrons. The maximum Gasteiger partial charge on any atom is 0.307 e. The number of rotatable bonds is 4. The first-order chi connectivity index (χ1) is 11.5. The van der Waals surface area contributed by atoms with Gasteiger partial charge in [0.15, 0.2) is 0 Å². The number of benzene rings is 2. The highest BCUT2D eigenvalue weighted by atomic mass is 35.5. The first-order valence-corrected chi connectivity index (χ1v) is 6.03. The molecule has 2 aromatic rings. The van der Waals surface area contributed by atoms with Gasteiger partial charge >= 0.3 is 5.97 Å². The fourth-order valence-electron chi connectivity index (χ4n) is 1.43. The van der Waals surface area contributed by atoms with Crippen molar-refractivity contribution in [1.29, 1.82) is 0 Å². The second kappa shape index (κ2) is 6.03. The van der Waals surface area contributed by atoms with Crippen LogP contribution in [-0.2, 0) is 11.2 Å². The van der Waals surface area contributed by atoms with E-state index in [2.05, 4.69) is 5.32 Å².